The number of nitrogens with one attached hydrogen (secondary N) is 3. The van der Waals surface area contributed by atoms with E-state index in [1.807, 2.05) is 6.92 Å². The third kappa shape index (κ3) is 5.40. The van der Waals surface area contributed by atoms with Crippen molar-refractivity contribution in [3.8, 4) is 0 Å². The molecule has 3 N–H and O–H groups in total. The van der Waals surface area contributed by atoms with E-state index in [1.54, 1.807) is 12.1 Å². The number of anilines is 2. The molecule has 28 heavy (non-hydrogen) atoms. The van der Waals surface area contributed by atoms with Crippen LogP contribution in [0.1, 0.15) is 12.0 Å². The maximum atomic E-state index is 13.2. The zero-order valence-electron chi connectivity index (χ0n) is 14.9. The van der Waals surface area contributed by atoms with E-state index in [9.17, 15) is 22.0 Å². The second-order valence-corrected chi connectivity index (χ2v) is 8.16. The van der Waals surface area contributed by atoms with Crippen LogP contribution in [0, 0.1) is 6.92 Å². The van der Waals surface area contributed by atoms with Gasteiger partial charge in [-0.2, -0.15) is 0 Å². The van der Waals surface area contributed by atoms with Crippen molar-refractivity contribution < 1.29 is 22.0 Å². The lowest BCUT2D eigenvalue weighted by Crippen LogP contribution is -2.35. The molecule has 1 fully saturated rings. The molecule has 2 aromatic rings. The first-order valence-corrected chi connectivity index (χ1v) is 9.75. The molecule has 1 heterocycles. The quantitative estimate of drug-likeness (QED) is 0.678. The number of aryl methyl sites for hydroxylation is 1. The molecule has 0 saturated carbocycles. The first kappa shape index (κ1) is 22.1. The lowest BCUT2D eigenvalue weighted by Gasteiger charge is -2.12. The fourth-order valence-electron chi connectivity index (χ4n) is 2.68. The van der Waals surface area contributed by atoms with Gasteiger partial charge in [-0.1, -0.05) is 17.7 Å². The number of rotatable bonds is 5. The van der Waals surface area contributed by atoms with Crippen LogP contribution < -0.4 is 15.4 Å². The number of amides is 1. The highest BCUT2D eigenvalue weighted by Gasteiger charge is 2.42. The van der Waals surface area contributed by atoms with Crippen LogP contribution >= 0.6 is 12.4 Å². The molecule has 1 aliphatic rings. The Morgan fingerprint density at radius 2 is 1.64 bits per heavy atom. The van der Waals surface area contributed by atoms with E-state index in [0.29, 0.717) is 11.4 Å². The molecule has 0 radical (unpaired) electrons. The Labute approximate surface area is 168 Å². The summed E-state index contributed by atoms with van der Waals surface area (Å²) in [5, 5.41) is 5.02. The number of carbonyl (C=O) groups excluding carboxylic acids is 1. The summed E-state index contributed by atoms with van der Waals surface area (Å²) in [4.78, 5) is 12.1. The van der Waals surface area contributed by atoms with Gasteiger partial charge in [-0.15, -0.1) is 12.4 Å². The fourth-order valence-corrected chi connectivity index (χ4v) is 3.74. The van der Waals surface area contributed by atoms with Crippen LogP contribution in [0.3, 0.4) is 0 Å². The molecule has 1 unspecified atom stereocenters. The standard InChI is InChI=1S/C18H19F2N3O3S.ClH/c1-12-2-8-15(9-3-12)27(25,26)23-14-6-4-13(5-7-14)22-17(24)16-10-18(19,20)11-21-16;/h2-9,16,21,23H,10-11H2,1H3,(H,22,24);1H. The van der Waals surface area contributed by atoms with Crippen LogP contribution in [0.4, 0.5) is 20.2 Å². The molecule has 0 aliphatic carbocycles. The number of carbonyl (C=O) groups is 1. The molecular formula is C18H20ClF2N3O3S. The highest BCUT2D eigenvalue weighted by atomic mass is 35.5. The van der Waals surface area contributed by atoms with E-state index in [1.165, 1.54) is 36.4 Å². The molecule has 1 aliphatic heterocycles. The Bertz CT molecular complexity index is 936. The SMILES string of the molecule is Cc1ccc(S(=O)(=O)Nc2ccc(NC(=O)C3CC(F)(F)CN3)cc2)cc1.Cl. The average Bonchev–Trinajstić information content (AvgIpc) is 2.97. The number of hydrogen-bond donors (Lipinski definition) is 3. The lowest BCUT2D eigenvalue weighted by atomic mass is 10.2. The summed E-state index contributed by atoms with van der Waals surface area (Å²) < 4.78 is 53.5. The smallest absolute Gasteiger partial charge is 0.262 e. The van der Waals surface area contributed by atoms with Gasteiger partial charge in [0.15, 0.2) is 0 Å². The minimum Gasteiger partial charge on any atom is -0.325 e. The zero-order chi connectivity index (χ0) is 19.7. The minimum absolute atomic E-state index is 0. The van der Waals surface area contributed by atoms with Gasteiger partial charge in [0.25, 0.3) is 15.9 Å². The van der Waals surface area contributed by atoms with Crippen molar-refractivity contribution in [3.05, 3.63) is 54.1 Å². The predicted octanol–water partition coefficient (Wildman–Crippen LogP) is 3.15. The van der Waals surface area contributed by atoms with E-state index < -0.39 is 40.9 Å². The predicted molar refractivity (Wildman–Crippen MR) is 106 cm³/mol. The van der Waals surface area contributed by atoms with Gasteiger partial charge in [-0.05, 0) is 43.3 Å². The highest BCUT2D eigenvalue weighted by molar-refractivity contribution is 7.92. The summed E-state index contributed by atoms with van der Waals surface area (Å²) in [5.41, 5.74) is 1.65. The molecule has 1 saturated heterocycles. The average molecular weight is 432 g/mol. The van der Waals surface area contributed by atoms with Gasteiger partial charge in [0.05, 0.1) is 17.5 Å². The monoisotopic (exact) mass is 431 g/mol. The third-order valence-corrected chi connectivity index (χ3v) is 5.56. The molecule has 6 nitrogen and oxygen atoms in total. The maximum absolute atomic E-state index is 13.2. The van der Waals surface area contributed by atoms with Gasteiger partial charge in [-0.25, -0.2) is 17.2 Å². The number of hydrogen-bond acceptors (Lipinski definition) is 4. The molecular weight excluding hydrogens is 412 g/mol. The van der Waals surface area contributed by atoms with Gasteiger partial charge in [0.1, 0.15) is 0 Å². The van der Waals surface area contributed by atoms with E-state index in [0.717, 1.165) is 5.56 Å². The van der Waals surface area contributed by atoms with Gasteiger partial charge in [0.2, 0.25) is 5.91 Å². The second-order valence-electron chi connectivity index (χ2n) is 6.48. The first-order chi connectivity index (χ1) is 12.6. The summed E-state index contributed by atoms with van der Waals surface area (Å²) in [7, 11) is -3.72. The molecule has 0 aromatic heterocycles. The Balaban J connectivity index is 0.00000280. The van der Waals surface area contributed by atoms with Crippen LogP contribution in [0.5, 0.6) is 0 Å². The van der Waals surface area contributed by atoms with Crippen molar-refractivity contribution in [2.24, 2.45) is 0 Å². The number of benzene rings is 2. The summed E-state index contributed by atoms with van der Waals surface area (Å²) in [6.45, 7) is 1.34. The fraction of sp³-hybridized carbons (Fsp3) is 0.278. The van der Waals surface area contributed by atoms with Crippen LogP contribution in [0.25, 0.3) is 0 Å². The zero-order valence-corrected chi connectivity index (χ0v) is 16.5. The lowest BCUT2D eigenvalue weighted by molar-refractivity contribution is -0.118. The molecule has 10 heteroatoms. The summed E-state index contributed by atoms with van der Waals surface area (Å²) >= 11 is 0. The van der Waals surface area contributed by atoms with Crippen molar-refractivity contribution in [3.63, 3.8) is 0 Å². The van der Waals surface area contributed by atoms with E-state index >= 15 is 0 Å². The Morgan fingerprint density at radius 3 is 2.18 bits per heavy atom. The van der Waals surface area contributed by atoms with Gasteiger partial charge >= 0.3 is 0 Å². The van der Waals surface area contributed by atoms with E-state index in [2.05, 4.69) is 15.4 Å². The van der Waals surface area contributed by atoms with Gasteiger partial charge < -0.3 is 5.32 Å². The number of sulfonamides is 1. The molecule has 152 valence electrons. The molecule has 3 rings (SSSR count). The van der Waals surface area contributed by atoms with Crippen LogP contribution in [-0.4, -0.2) is 32.8 Å². The van der Waals surface area contributed by atoms with Crippen LogP contribution in [0.2, 0.25) is 0 Å². The highest BCUT2D eigenvalue weighted by Crippen LogP contribution is 2.26. The molecule has 1 atom stereocenters. The number of alkyl halides is 2. The summed E-state index contributed by atoms with van der Waals surface area (Å²) in [6, 6.07) is 11.4. The molecule has 0 bridgehead atoms. The van der Waals surface area contributed by atoms with Crippen molar-refractivity contribution in [1.29, 1.82) is 0 Å². The van der Waals surface area contributed by atoms with Gasteiger partial charge in [0, 0.05) is 17.8 Å². The Morgan fingerprint density at radius 1 is 1.07 bits per heavy atom. The topological polar surface area (TPSA) is 87.3 Å². The Kier molecular flexibility index (Phi) is 6.63. The Hall–Kier alpha value is -2.23. The molecule has 1 amide bonds. The normalized spacial score (nSPS) is 18.2. The third-order valence-electron chi connectivity index (χ3n) is 4.16. The molecule has 2 aromatic carbocycles. The largest absolute Gasteiger partial charge is 0.325 e. The maximum Gasteiger partial charge on any atom is 0.262 e. The van der Waals surface area contributed by atoms with Crippen molar-refractivity contribution >= 4 is 39.7 Å². The van der Waals surface area contributed by atoms with Crippen molar-refractivity contribution in [1.82, 2.24) is 5.32 Å². The summed E-state index contributed by atoms with van der Waals surface area (Å²) in [6.07, 6.45) is -0.548. The molecule has 0 spiro atoms. The van der Waals surface area contributed by atoms with E-state index in [-0.39, 0.29) is 17.3 Å². The minimum atomic E-state index is -3.72. The van der Waals surface area contributed by atoms with Crippen LogP contribution in [-0.2, 0) is 14.8 Å². The number of halogens is 3. The van der Waals surface area contributed by atoms with Crippen LogP contribution in [0.15, 0.2) is 53.4 Å². The van der Waals surface area contributed by atoms with Gasteiger partial charge in [-0.3, -0.25) is 14.8 Å². The summed E-state index contributed by atoms with van der Waals surface area (Å²) in [5.74, 6) is -3.44. The first-order valence-electron chi connectivity index (χ1n) is 8.26. The van der Waals surface area contributed by atoms with Crippen molar-refractivity contribution in [2.75, 3.05) is 16.6 Å². The second kappa shape index (κ2) is 8.42. The van der Waals surface area contributed by atoms with Crippen molar-refractivity contribution in [2.45, 2.75) is 30.2 Å². The van der Waals surface area contributed by atoms with E-state index in [4.69, 9.17) is 0 Å².